The van der Waals surface area contributed by atoms with Crippen LogP contribution in [-0.4, -0.2) is 0 Å². The summed E-state index contributed by atoms with van der Waals surface area (Å²) in [6.45, 7) is 50.1. The molecule has 7 rings (SSSR count). The molecular weight excluding hydrogens is 773 g/mol. The van der Waals surface area contributed by atoms with Crippen LogP contribution < -0.4 is 9.80 Å². The van der Waals surface area contributed by atoms with Crippen molar-refractivity contribution < 1.29 is 0 Å². The Morgan fingerprint density at radius 1 is 0.344 bits per heavy atom. The van der Waals surface area contributed by atoms with Crippen LogP contribution in [0.2, 0.25) is 0 Å². The second-order valence-electron chi connectivity index (χ2n) is 26.0. The third kappa shape index (κ3) is 8.62. The van der Waals surface area contributed by atoms with Gasteiger partial charge in [0, 0.05) is 22.7 Å². The first-order chi connectivity index (χ1) is 29.2. The number of fused-ring (bicyclic) bond motifs is 2. The molecule has 5 aromatic carbocycles. The van der Waals surface area contributed by atoms with E-state index in [0.717, 1.165) is 0 Å². The van der Waals surface area contributed by atoms with Crippen LogP contribution in [0.4, 0.5) is 34.1 Å². The van der Waals surface area contributed by atoms with Gasteiger partial charge in [-0.05, 0) is 195 Å². The average molecular weight is 857 g/mol. The Hall–Kier alpha value is -4.30. The summed E-state index contributed by atoms with van der Waals surface area (Å²) in [6, 6.07) is 32.1. The van der Waals surface area contributed by atoms with Crippen LogP contribution in [0.25, 0.3) is 0 Å². The van der Waals surface area contributed by atoms with E-state index >= 15 is 0 Å². The summed E-state index contributed by atoms with van der Waals surface area (Å²) in [5.41, 5.74) is 22.9. The van der Waals surface area contributed by atoms with Gasteiger partial charge < -0.3 is 9.80 Å². The maximum Gasteiger partial charge on any atom is 0.0514 e. The Bertz CT molecular complexity index is 2600. The lowest BCUT2D eigenvalue weighted by Crippen LogP contribution is -2.34. The summed E-state index contributed by atoms with van der Waals surface area (Å²) >= 11 is 0. The summed E-state index contributed by atoms with van der Waals surface area (Å²) in [5.74, 6) is 0. The van der Waals surface area contributed by atoms with Crippen molar-refractivity contribution in [3.63, 3.8) is 0 Å². The molecule has 0 fully saturated rings. The molecule has 342 valence electrons. The molecule has 64 heavy (non-hydrogen) atoms. The minimum atomic E-state index is -0.124. The van der Waals surface area contributed by atoms with Gasteiger partial charge in [0.2, 0.25) is 0 Å². The third-order valence-electron chi connectivity index (χ3n) is 15.8. The molecule has 0 unspecified atom stereocenters. The Morgan fingerprint density at radius 3 is 1.27 bits per heavy atom. The molecule has 0 amide bonds. The molecule has 0 heterocycles. The molecule has 0 spiro atoms. The van der Waals surface area contributed by atoms with Crippen molar-refractivity contribution in [1.82, 2.24) is 0 Å². The van der Waals surface area contributed by atoms with Gasteiger partial charge in [0.05, 0.1) is 11.4 Å². The van der Waals surface area contributed by atoms with Crippen molar-refractivity contribution in [2.45, 2.75) is 209 Å². The van der Waals surface area contributed by atoms with Crippen LogP contribution in [0, 0.1) is 27.7 Å². The molecule has 5 aromatic rings. The zero-order valence-electron chi connectivity index (χ0n) is 44.2. The standard InChI is InChI=1S/C62H84N2/c1-39-22-23-44(57(8,9)10)34-52(39)64(51-27-24-43(32-40(51)2)56(5,6)7)55-36-45(58(11,12)13)35-54(42(55)4)63(46-25-26-47-49(37-46)61(18,19)29-28-59(47,14)15)53-38-50-48(33-41(53)3)60(16,17)30-31-62(50,20)21/h22-27,32-38H,28-31H2,1-21H3. The first-order valence-electron chi connectivity index (χ1n) is 24.5. The van der Waals surface area contributed by atoms with E-state index in [0.29, 0.717) is 0 Å². The topological polar surface area (TPSA) is 6.48 Å². The number of anilines is 6. The fraction of sp³-hybridized carbons (Fsp3) is 0.516. The Labute approximate surface area is 391 Å². The molecule has 2 nitrogen and oxygen atoms in total. The van der Waals surface area contributed by atoms with Gasteiger partial charge in [-0.25, -0.2) is 0 Å². The molecule has 0 aliphatic heterocycles. The largest absolute Gasteiger partial charge is 0.310 e. The van der Waals surface area contributed by atoms with Crippen molar-refractivity contribution in [2.24, 2.45) is 0 Å². The number of benzene rings is 5. The summed E-state index contributed by atoms with van der Waals surface area (Å²) in [5, 5.41) is 0. The van der Waals surface area contributed by atoms with Gasteiger partial charge in [0.25, 0.3) is 0 Å². The second-order valence-corrected chi connectivity index (χ2v) is 26.0. The molecule has 0 saturated heterocycles. The summed E-state index contributed by atoms with van der Waals surface area (Å²) in [7, 11) is 0. The lowest BCUT2D eigenvalue weighted by molar-refractivity contribution is 0.331. The number of nitrogens with zero attached hydrogens (tertiary/aromatic N) is 2. The normalized spacial score (nSPS) is 17.7. The molecule has 2 aliphatic rings. The maximum atomic E-state index is 2.67. The van der Waals surface area contributed by atoms with Gasteiger partial charge in [0.1, 0.15) is 0 Å². The lowest BCUT2D eigenvalue weighted by Gasteiger charge is -2.44. The first-order valence-corrected chi connectivity index (χ1v) is 24.5. The molecule has 0 N–H and O–H groups in total. The fourth-order valence-electron chi connectivity index (χ4n) is 10.7. The van der Waals surface area contributed by atoms with Crippen molar-refractivity contribution in [3.05, 3.63) is 140 Å². The smallest absolute Gasteiger partial charge is 0.0514 e. The van der Waals surface area contributed by atoms with E-state index in [1.165, 1.54) is 121 Å². The van der Waals surface area contributed by atoms with Gasteiger partial charge in [-0.1, -0.05) is 154 Å². The Morgan fingerprint density at radius 2 is 0.750 bits per heavy atom. The van der Waals surface area contributed by atoms with Gasteiger partial charge in [-0.3, -0.25) is 0 Å². The lowest BCUT2D eigenvalue weighted by atomic mass is 9.62. The zero-order chi connectivity index (χ0) is 47.5. The molecule has 0 saturated carbocycles. The van der Waals surface area contributed by atoms with E-state index in [2.05, 4.69) is 234 Å². The average Bonchev–Trinajstić information content (AvgIpc) is 3.17. The van der Waals surface area contributed by atoms with Gasteiger partial charge in [0.15, 0.2) is 0 Å². The fourth-order valence-corrected chi connectivity index (χ4v) is 10.7. The van der Waals surface area contributed by atoms with Gasteiger partial charge in [-0.2, -0.15) is 0 Å². The number of rotatable bonds is 6. The first kappa shape index (κ1) is 47.7. The number of hydrogen-bond donors (Lipinski definition) is 0. The molecule has 0 radical (unpaired) electrons. The quantitative estimate of drug-likeness (QED) is 0.168. The zero-order valence-corrected chi connectivity index (χ0v) is 44.2. The monoisotopic (exact) mass is 857 g/mol. The summed E-state index contributed by atoms with van der Waals surface area (Å²) < 4.78 is 0. The molecule has 2 heteroatoms. The SMILES string of the molecule is Cc1cc2c(cc1N(c1ccc3c(c1)C(C)(C)CCC3(C)C)c1cc(C(C)(C)C)cc(N(c3ccc(C(C)(C)C)cc3C)c3cc(C(C)(C)C)ccc3C)c1C)C(C)(C)CCC2(C)C. The van der Waals surface area contributed by atoms with E-state index in [-0.39, 0.29) is 37.9 Å². The van der Waals surface area contributed by atoms with Crippen molar-refractivity contribution in [3.8, 4) is 0 Å². The minimum Gasteiger partial charge on any atom is -0.310 e. The highest BCUT2D eigenvalue weighted by Gasteiger charge is 2.40. The minimum absolute atomic E-state index is 0.00930. The highest BCUT2D eigenvalue weighted by Crippen LogP contribution is 2.54. The van der Waals surface area contributed by atoms with Crippen LogP contribution in [0.3, 0.4) is 0 Å². The molecule has 2 aliphatic carbocycles. The van der Waals surface area contributed by atoms with Crippen LogP contribution in [-0.2, 0) is 37.9 Å². The van der Waals surface area contributed by atoms with Gasteiger partial charge >= 0.3 is 0 Å². The van der Waals surface area contributed by atoms with E-state index < -0.39 is 0 Å². The van der Waals surface area contributed by atoms with Crippen LogP contribution >= 0.6 is 0 Å². The van der Waals surface area contributed by atoms with Crippen molar-refractivity contribution in [1.29, 1.82) is 0 Å². The summed E-state index contributed by atoms with van der Waals surface area (Å²) in [4.78, 5) is 5.29. The predicted octanol–water partition coefficient (Wildman–Crippen LogP) is 18.5. The molecule has 0 aromatic heterocycles. The van der Waals surface area contributed by atoms with E-state index in [9.17, 15) is 0 Å². The molecule has 0 bridgehead atoms. The van der Waals surface area contributed by atoms with E-state index in [4.69, 9.17) is 0 Å². The van der Waals surface area contributed by atoms with Crippen LogP contribution in [0.15, 0.2) is 78.9 Å². The number of aryl methyl sites for hydroxylation is 3. The predicted molar refractivity (Wildman–Crippen MR) is 281 cm³/mol. The highest BCUT2D eigenvalue weighted by atomic mass is 15.2. The van der Waals surface area contributed by atoms with Crippen molar-refractivity contribution >= 4 is 34.1 Å². The summed E-state index contributed by atoms with van der Waals surface area (Å²) in [6.07, 6.45) is 4.75. The second kappa shape index (κ2) is 15.7. The maximum absolute atomic E-state index is 2.67. The van der Waals surface area contributed by atoms with Gasteiger partial charge in [-0.15, -0.1) is 0 Å². The number of hydrogen-bond acceptors (Lipinski definition) is 2. The van der Waals surface area contributed by atoms with Crippen LogP contribution in [0.1, 0.15) is 205 Å². The van der Waals surface area contributed by atoms with E-state index in [1.54, 1.807) is 0 Å². The third-order valence-corrected chi connectivity index (χ3v) is 15.8. The van der Waals surface area contributed by atoms with Crippen LogP contribution in [0.5, 0.6) is 0 Å². The van der Waals surface area contributed by atoms with E-state index in [1.807, 2.05) is 0 Å². The molecule has 0 atom stereocenters. The Kier molecular flexibility index (Phi) is 11.7. The van der Waals surface area contributed by atoms with Crippen molar-refractivity contribution in [2.75, 3.05) is 9.80 Å². The molecular formula is C62H84N2. The Balaban J connectivity index is 1.63. The highest BCUT2D eigenvalue weighted by molar-refractivity contribution is 5.90.